The topological polar surface area (TPSA) is 128 Å². The Bertz CT molecular complexity index is 702. The van der Waals surface area contributed by atoms with Crippen LogP contribution in [0.5, 0.6) is 0 Å². The molecule has 2 saturated heterocycles. The fourth-order valence-electron chi connectivity index (χ4n) is 3.34. The first-order chi connectivity index (χ1) is 11.2. The Morgan fingerprint density at radius 2 is 1.96 bits per heavy atom. The van der Waals surface area contributed by atoms with Crippen molar-refractivity contribution in [3.63, 3.8) is 0 Å². The van der Waals surface area contributed by atoms with E-state index in [1.165, 1.54) is 6.33 Å². The van der Waals surface area contributed by atoms with Gasteiger partial charge < -0.3 is 25.0 Å². The molecular formula is C14H19N5O4. The number of anilines is 1. The molecule has 0 spiro atoms. The number of aliphatic hydroxyl groups is 3. The zero-order valence-electron chi connectivity index (χ0n) is 12.5. The van der Waals surface area contributed by atoms with Gasteiger partial charge in [0.05, 0.1) is 12.3 Å². The molecule has 0 aliphatic carbocycles. The van der Waals surface area contributed by atoms with E-state index < -0.39 is 24.4 Å². The van der Waals surface area contributed by atoms with Gasteiger partial charge in [0.15, 0.2) is 11.3 Å². The molecule has 23 heavy (non-hydrogen) atoms. The average molecular weight is 321 g/mol. The molecule has 4 atom stereocenters. The first-order valence-electron chi connectivity index (χ1n) is 7.77. The summed E-state index contributed by atoms with van der Waals surface area (Å²) in [7, 11) is 0. The van der Waals surface area contributed by atoms with Gasteiger partial charge in [-0.05, 0) is 12.8 Å². The lowest BCUT2D eigenvalue weighted by Crippen LogP contribution is -2.32. The Morgan fingerprint density at radius 1 is 1.17 bits per heavy atom. The van der Waals surface area contributed by atoms with Crippen molar-refractivity contribution in [3.05, 3.63) is 12.0 Å². The van der Waals surface area contributed by atoms with E-state index in [0.29, 0.717) is 16.7 Å². The summed E-state index contributed by atoms with van der Waals surface area (Å²) in [5.74, 6) is 0.766. The molecule has 0 amide bonds. The molecule has 4 rings (SSSR count). The number of hydrogen-bond donors (Lipinski definition) is 4. The molecule has 4 heterocycles. The van der Waals surface area contributed by atoms with E-state index in [1.807, 2.05) is 0 Å². The van der Waals surface area contributed by atoms with Crippen molar-refractivity contribution in [1.29, 1.82) is 0 Å². The number of nitrogens with zero attached hydrogens (tertiary/aromatic N) is 4. The lowest BCUT2D eigenvalue weighted by molar-refractivity contribution is -0.0236. The van der Waals surface area contributed by atoms with Crippen LogP contribution in [-0.4, -0.2) is 73.5 Å². The van der Waals surface area contributed by atoms with Crippen molar-refractivity contribution in [2.45, 2.75) is 37.3 Å². The monoisotopic (exact) mass is 321 g/mol. The summed E-state index contributed by atoms with van der Waals surface area (Å²) in [6.07, 6.45) is -0.225. The zero-order chi connectivity index (χ0) is 16.0. The van der Waals surface area contributed by atoms with Gasteiger partial charge in [0.25, 0.3) is 0 Å². The van der Waals surface area contributed by atoms with E-state index in [4.69, 9.17) is 4.74 Å². The van der Waals surface area contributed by atoms with Gasteiger partial charge >= 0.3 is 0 Å². The van der Waals surface area contributed by atoms with E-state index in [0.717, 1.165) is 31.7 Å². The number of aromatic amines is 1. The first kappa shape index (κ1) is 14.8. The van der Waals surface area contributed by atoms with Crippen LogP contribution in [0.1, 0.15) is 24.6 Å². The van der Waals surface area contributed by atoms with E-state index >= 15 is 0 Å². The van der Waals surface area contributed by atoms with Gasteiger partial charge in [0.2, 0.25) is 0 Å². The second kappa shape index (κ2) is 5.68. The number of fused-ring (bicyclic) bond motifs is 1. The van der Waals surface area contributed by atoms with Gasteiger partial charge in [-0.25, -0.2) is 9.97 Å². The Balaban J connectivity index is 1.73. The average Bonchev–Trinajstić information content (AvgIpc) is 3.28. The van der Waals surface area contributed by atoms with E-state index in [1.54, 1.807) is 0 Å². The molecule has 124 valence electrons. The molecular weight excluding hydrogens is 302 g/mol. The van der Waals surface area contributed by atoms with Gasteiger partial charge in [-0.1, -0.05) is 0 Å². The summed E-state index contributed by atoms with van der Waals surface area (Å²) in [5, 5.41) is 36.5. The molecule has 9 heteroatoms. The maximum atomic E-state index is 10.2. The minimum absolute atomic E-state index is 0.366. The lowest BCUT2D eigenvalue weighted by Gasteiger charge is -2.16. The summed E-state index contributed by atoms with van der Waals surface area (Å²) >= 11 is 0. The van der Waals surface area contributed by atoms with Crippen LogP contribution in [0.4, 0.5) is 5.82 Å². The van der Waals surface area contributed by atoms with Crippen molar-refractivity contribution >= 4 is 16.9 Å². The van der Waals surface area contributed by atoms with Crippen molar-refractivity contribution < 1.29 is 20.1 Å². The molecule has 0 unspecified atom stereocenters. The highest BCUT2D eigenvalue weighted by atomic mass is 16.6. The van der Waals surface area contributed by atoms with E-state index in [-0.39, 0.29) is 6.61 Å². The normalized spacial score (nSPS) is 31.3. The van der Waals surface area contributed by atoms with E-state index in [9.17, 15) is 15.3 Å². The van der Waals surface area contributed by atoms with Gasteiger partial charge in [0, 0.05) is 13.1 Å². The number of rotatable bonds is 3. The van der Waals surface area contributed by atoms with Crippen LogP contribution >= 0.6 is 0 Å². The number of nitrogens with one attached hydrogen (secondary N) is 1. The van der Waals surface area contributed by atoms with Crippen LogP contribution < -0.4 is 4.90 Å². The van der Waals surface area contributed by atoms with Gasteiger partial charge in [0.1, 0.15) is 36.3 Å². The lowest BCUT2D eigenvalue weighted by atomic mass is 10.1. The number of ether oxygens (including phenoxy) is 1. The van der Waals surface area contributed by atoms with Crippen LogP contribution in [0.3, 0.4) is 0 Å². The van der Waals surface area contributed by atoms with Crippen LogP contribution in [0.25, 0.3) is 11.0 Å². The molecule has 0 aromatic carbocycles. The molecule has 2 fully saturated rings. The Morgan fingerprint density at radius 3 is 2.65 bits per heavy atom. The summed E-state index contributed by atoms with van der Waals surface area (Å²) in [6.45, 7) is 1.50. The molecule has 2 aromatic heterocycles. The summed E-state index contributed by atoms with van der Waals surface area (Å²) < 4.78 is 5.56. The van der Waals surface area contributed by atoms with Crippen molar-refractivity contribution in [3.8, 4) is 0 Å². The smallest absolute Gasteiger partial charge is 0.160 e. The first-order valence-corrected chi connectivity index (χ1v) is 7.77. The summed E-state index contributed by atoms with van der Waals surface area (Å²) in [4.78, 5) is 10.8. The zero-order valence-corrected chi connectivity index (χ0v) is 12.5. The molecule has 0 radical (unpaired) electrons. The summed E-state index contributed by atoms with van der Waals surface area (Å²) in [5.41, 5.74) is 1.68. The quantitative estimate of drug-likeness (QED) is 0.573. The number of aromatic nitrogens is 4. The Hall–Kier alpha value is -1.81. The van der Waals surface area contributed by atoms with Crippen LogP contribution in [0.2, 0.25) is 0 Å². The predicted octanol–water partition coefficient (Wildman–Crippen LogP) is -0.893. The molecule has 4 N–H and O–H groups in total. The third kappa shape index (κ3) is 2.27. The Kier molecular flexibility index (Phi) is 3.64. The van der Waals surface area contributed by atoms with Crippen molar-refractivity contribution in [2.24, 2.45) is 0 Å². The SMILES string of the molecule is OC[C@H]1O[C@@H](c2[nH]nc3c(N4CCCC4)ncnc23)[C@H](O)[C@@H]1O. The largest absolute Gasteiger partial charge is 0.394 e. The molecule has 0 saturated carbocycles. The Labute approximate surface area is 131 Å². The van der Waals surface area contributed by atoms with Gasteiger partial charge in [-0.15, -0.1) is 0 Å². The fourth-order valence-corrected chi connectivity index (χ4v) is 3.34. The van der Waals surface area contributed by atoms with Crippen LogP contribution in [0.15, 0.2) is 6.33 Å². The fraction of sp³-hybridized carbons (Fsp3) is 0.643. The minimum Gasteiger partial charge on any atom is -0.394 e. The minimum atomic E-state index is -1.15. The number of hydrogen-bond acceptors (Lipinski definition) is 8. The maximum Gasteiger partial charge on any atom is 0.160 e. The molecule has 2 aliphatic rings. The summed E-state index contributed by atoms with van der Waals surface area (Å²) in [6, 6.07) is 0. The second-order valence-electron chi connectivity index (χ2n) is 5.98. The van der Waals surface area contributed by atoms with Gasteiger partial charge in [-0.3, -0.25) is 5.10 Å². The van der Waals surface area contributed by atoms with Crippen molar-refractivity contribution in [2.75, 3.05) is 24.6 Å². The van der Waals surface area contributed by atoms with Crippen molar-refractivity contribution in [1.82, 2.24) is 20.2 Å². The van der Waals surface area contributed by atoms with Gasteiger partial charge in [-0.2, -0.15) is 5.10 Å². The third-order valence-corrected chi connectivity index (χ3v) is 4.58. The number of aliphatic hydroxyl groups excluding tert-OH is 3. The molecule has 0 bridgehead atoms. The standard InChI is InChI=1S/C14H19N5O4/c20-5-7-11(21)12(22)13(23-7)9-8-10(18-17-9)14(16-6-15-8)19-3-1-2-4-19/h6-7,11-13,20-22H,1-5H2,(H,17,18)/t7-,11-,12-,13+/m1/s1. The second-order valence-corrected chi connectivity index (χ2v) is 5.98. The number of H-pyrrole nitrogens is 1. The highest BCUT2D eigenvalue weighted by Crippen LogP contribution is 2.36. The highest BCUT2D eigenvalue weighted by Gasteiger charge is 2.44. The van der Waals surface area contributed by atoms with Crippen LogP contribution in [0, 0.1) is 0 Å². The van der Waals surface area contributed by atoms with E-state index in [2.05, 4.69) is 25.1 Å². The third-order valence-electron chi connectivity index (χ3n) is 4.58. The molecule has 2 aliphatic heterocycles. The predicted molar refractivity (Wildman–Crippen MR) is 79.8 cm³/mol. The highest BCUT2D eigenvalue weighted by molar-refractivity contribution is 5.87. The molecule has 9 nitrogen and oxygen atoms in total. The maximum absolute atomic E-state index is 10.2. The van der Waals surface area contributed by atoms with Crippen LogP contribution in [-0.2, 0) is 4.74 Å². The molecule has 2 aromatic rings.